The Morgan fingerprint density at radius 1 is 1.20 bits per heavy atom. The summed E-state index contributed by atoms with van der Waals surface area (Å²) in [6.45, 7) is -0.386. The zero-order valence-corrected chi connectivity index (χ0v) is 10.9. The van der Waals surface area contributed by atoms with Crippen molar-refractivity contribution in [2.45, 2.75) is 11.4 Å². The predicted molar refractivity (Wildman–Crippen MR) is 67.4 cm³/mol. The first-order chi connectivity index (χ1) is 9.40. The minimum absolute atomic E-state index is 0.0256. The number of halogens is 2. The summed E-state index contributed by atoms with van der Waals surface area (Å²) in [5.74, 6) is -1.62. The number of H-pyrrole nitrogens is 1. The van der Waals surface area contributed by atoms with Gasteiger partial charge in [-0.1, -0.05) is 6.07 Å². The second kappa shape index (κ2) is 5.51. The van der Waals surface area contributed by atoms with E-state index in [0.717, 1.165) is 24.4 Å². The molecule has 1 aromatic carbocycles. The van der Waals surface area contributed by atoms with Gasteiger partial charge >= 0.3 is 0 Å². The molecule has 106 valence electrons. The van der Waals surface area contributed by atoms with Crippen molar-refractivity contribution in [2.24, 2.45) is 0 Å². The third-order valence-corrected chi connectivity index (χ3v) is 3.97. The maximum Gasteiger partial charge on any atom is 0.246 e. The Morgan fingerprint density at radius 2 is 1.95 bits per heavy atom. The van der Waals surface area contributed by atoms with Crippen LogP contribution in [0.1, 0.15) is 5.56 Å². The van der Waals surface area contributed by atoms with E-state index in [2.05, 4.69) is 9.71 Å². The molecule has 1 aromatic heterocycles. The average molecular weight is 300 g/mol. The highest BCUT2D eigenvalue weighted by Crippen LogP contribution is 2.10. The molecular weight excluding hydrogens is 290 g/mol. The molecule has 0 spiro atoms. The van der Waals surface area contributed by atoms with Gasteiger partial charge in [-0.05, 0) is 6.07 Å². The van der Waals surface area contributed by atoms with Crippen molar-refractivity contribution in [2.75, 3.05) is 0 Å². The molecule has 0 fully saturated rings. The van der Waals surface area contributed by atoms with Gasteiger partial charge in [-0.15, -0.1) is 0 Å². The van der Waals surface area contributed by atoms with Crippen LogP contribution < -0.4 is 10.2 Å². The molecule has 5 nitrogen and oxygen atoms in total. The van der Waals surface area contributed by atoms with E-state index in [0.29, 0.717) is 6.07 Å². The second-order valence-electron chi connectivity index (χ2n) is 3.93. The third-order valence-electron chi connectivity index (χ3n) is 2.55. The quantitative estimate of drug-likeness (QED) is 0.888. The maximum atomic E-state index is 13.4. The Bertz CT molecular complexity index is 787. The van der Waals surface area contributed by atoms with Gasteiger partial charge in [0, 0.05) is 36.6 Å². The molecule has 0 atom stereocenters. The lowest BCUT2D eigenvalue weighted by Gasteiger charge is -2.07. The van der Waals surface area contributed by atoms with E-state index in [1.165, 1.54) is 6.20 Å². The van der Waals surface area contributed by atoms with Gasteiger partial charge in [-0.3, -0.25) is 4.79 Å². The average Bonchev–Trinajstić information content (AvgIpc) is 2.38. The Labute approximate surface area is 113 Å². The minimum Gasteiger partial charge on any atom is -0.366 e. The fourth-order valence-corrected chi connectivity index (χ4v) is 2.58. The van der Waals surface area contributed by atoms with E-state index in [1.807, 2.05) is 0 Å². The summed E-state index contributed by atoms with van der Waals surface area (Å²) in [7, 11) is -4.07. The summed E-state index contributed by atoms with van der Waals surface area (Å²) >= 11 is 0. The van der Waals surface area contributed by atoms with E-state index >= 15 is 0 Å². The zero-order chi connectivity index (χ0) is 14.8. The van der Waals surface area contributed by atoms with Crippen LogP contribution in [0.15, 0.2) is 46.3 Å². The number of rotatable bonds is 4. The van der Waals surface area contributed by atoms with Crippen LogP contribution in [0.5, 0.6) is 0 Å². The first-order valence-corrected chi connectivity index (χ1v) is 6.99. The molecule has 0 bridgehead atoms. The molecule has 0 aliphatic rings. The summed E-state index contributed by atoms with van der Waals surface area (Å²) in [5, 5.41) is 0. The molecule has 0 amide bonds. The molecule has 0 radical (unpaired) electrons. The summed E-state index contributed by atoms with van der Waals surface area (Å²) < 4.78 is 51.9. The largest absolute Gasteiger partial charge is 0.366 e. The predicted octanol–water partition coefficient (Wildman–Crippen LogP) is 1.13. The molecule has 2 N–H and O–H groups in total. The summed E-state index contributed by atoms with van der Waals surface area (Å²) in [6.07, 6.45) is 2.33. The van der Waals surface area contributed by atoms with Crippen molar-refractivity contribution in [3.63, 3.8) is 0 Å². The number of hydrogen-bond donors (Lipinski definition) is 2. The standard InChI is InChI=1S/C12H10F2N2O3S/c13-9-2-1-8(10(14)5-9)6-16-20(18,19)12-7-15-4-3-11(12)17/h1-5,7,16H,6H2,(H,15,17). The number of sulfonamides is 1. The maximum absolute atomic E-state index is 13.4. The Morgan fingerprint density at radius 3 is 2.60 bits per heavy atom. The highest BCUT2D eigenvalue weighted by atomic mass is 32.2. The Hall–Kier alpha value is -2.06. The van der Waals surface area contributed by atoms with Gasteiger partial charge in [0.2, 0.25) is 15.5 Å². The second-order valence-corrected chi connectivity index (χ2v) is 5.67. The van der Waals surface area contributed by atoms with Crippen LogP contribution in [0.25, 0.3) is 0 Å². The molecule has 8 heteroatoms. The van der Waals surface area contributed by atoms with Gasteiger partial charge in [0.15, 0.2) is 0 Å². The van der Waals surface area contributed by atoms with Gasteiger partial charge in [0.25, 0.3) is 0 Å². The van der Waals surface area contributed by atoms with E-state index in [-0.39, 0.29) is 12.1 Å². The fourth-order valence-electron chi connectivity index (χ4n) is 1.53. The van der Waals surface area contributed by atoms with Crippen LogP contribution in [0.4, 0.5) is 8.78 Å². The third kappa shape index (κ3) is 3.09. The van der Waals surface area contributed by atoms with Gasteiger partial charge < -0.3 is 4.98 Å². The lowest BCUT2D eigenvalue weighted by atomic mass is 10.2. The number of aromatic amines is 1. The molecule has 0 saturated carbocycles. The lowest BCUT2D eigenvalue weighted by molar-refractivity contribution is 0.562. The van der Waals surface area contributed by atoms with Crippen LogP contribution in [0, 0.1) is 11.6 Å². The van der Waals surface area contributed by atoms with Crippen molar-refractivity contribution in [3.05, 3.63) is 64.1 Å². The summed E-state index contributed by atoms with van der Waals surface area (Å²) in [4.78, 5) is 13.4. The smallest absolute Gasteiger partial charge is 0.246 e. The van der Waals surface area contributed by atoms with Crippen LogP contribution >= 0.6 is 0 Å². The normalized spacial score (nSPS) is 11.5. The van der Waals surface area contributed by atoms with Crippen molar-refractivity contribution in [3.8, 4) is 0 Å². The molecule has 0 aliphatic heterocycles. The number of aromatic nitrogens is 1. The van der Waals surface area contributed by atoms with E-state index in [4.69, 9.17) is 0 Å². The van der Waals surface area contributed by atoms with E-state index < -0.39 is 32.0 Å². The Balaban J connectivity index is 2.22. The molecule has 0 unspecified atom stereocenters. The number of benzene rings is 1. The molecular formula is C12H10F2N2O3S. The summed E-state index contributed by atoms with van der Waals surface area (Å²) in [6, 6.07) is 3.86. The van der Waals surface area contributed by atoms with Crippen molar-refractivity contribution in [1.29, 1.82) is 0 Å². The topological polar surface area (TPSA) is 79.0 Å². The van der Waals surface area contributed by atoms with Crippen LogP contribution in [0.2, 0.25) is 0 Å². The molecule has 0 aliphatic carbocycles. The lowest BCUT2D eigenvalue weighted by Crippen LogP contribution is -2.28. The number of pyridine rings is 1. The van der Waals surface area contributed by atoms with Crippen molar-refractivity contribution in [1.82, 2.24) is 9.71 Å². The van der Waals surface area contributed by atoms with Crippen LogP contribution in [0.3, 0.4) is 0 Å². The zero-order valence-electron chi connectivity index (χ0n) is 10.1. The van der Waals surface area contributed by atoms with Crippen LogP contribution in [-0.4, -0.2) is 13.4 Å². The van der Waals surface area contributed by atoms with Crippen LogP contribution in [-0.2, 0) is 16.6 Å². The molecule has 2 rings (SSSR count). The SMILES string of the molecule is O=c1cc[nH]cc1S(=O)(=O)NCc1ccc(F)cc1F. The van der Waals surface area contributed by atoms with Gasteiger partial charge in [0.1, 0.15) is 16.5 Å². The van der Waals surface area contributed by atoms with Crippen molar-refractivity contribution < 1.29 is 17.2 Å². The van der Waals surface area contributed by atoms with Gasteiger partial charge in [-0.25, -0.2) is 21.9 Å². The van der Waals surface area contributed by atoms with E-state index in [9.17, 15) is 22.0 Å². The van der Waals surface area contributed by atoms with Gasteiger partial charge in [0.05, 0.1) is 0 Å². The molecule has 0 saturated heterocycles. The summed E-state index contributed by atoms with van der Waals surface area (Å²) in [5.41, 5.74) is -0.710. The van der Waals surface area contributed by atoms with E-state index in [1.54, 1.807) is 0 Å². The van der Waals surface area contributed by atoms with Crippen molar-refractivity contribution >= 4 is 10.0 Å². The number of nitrogens with one attached hydrogen (secondary N) is 2. The molecule has 2 aromatic rings. The first kappa shape index (κ1) is 14.4. The first-order valence-electron chi connectivity index (χ1n) is 5.51. The fraction of sp³-hybridized carbons (Fsp3) is 0.0833. The van der Waals surface area contributed by atoms with Gasteiger partial charge in [-0.2, -0.15) is 0 Å². The minimum atomic E-state index is -4.07. The molecule has 20 heavy (non-hydrogen) atoms. The molecule has 1 heterocycles. The highest BCUT2D eigenvalue weighted by molar-refractivity contribution is 7.89. The number of hydrogen-bond acceptors (Lipinski definition) is 3. The highest BCUT2D eigenvalue weighted by Gasteiger charge is 2.18. The monoisotopic (exact) mass is 300 g/mol. The Kier molecular flexibility index (Phi) is 3.96.